The van der Waals surface area contributed by atoms with E-state index in [9.17, 15) is 9.59 Å². The van der Waals surface area contributed by atoms with Gasteiger partial charge >= 0.3 is 0 Å². The van der Waals surface area contributed by atoms with Crippen LogP contribution in [0.25, 0.3) is 32.2 Å². The zero-order valence-corrected chi connectivity index (χ0v) is 17.9. The lowest BCUT2D eigenvalue weighted by molar-refractivity contribution is -0.117. The van der Waals surface area contributed by atoms with Crippen LogP contribution in [0.15, 0.2) is 82.2 Å². The van der Waals surface area contributed by atoms with Gasteiger partial charge in [0, 0.05) is 17.3 Å². The minimum absolute atomic E-state index is 0.202. The van der Waals surface area contributed by atoms with Crippen LogP contribution in [-0.2, 0) is 11.3 Å². The third-order valence-corrected chi connectivity index (χ3v) is 5.96. The number of aryl methyl sites for hydroxylation is 1. The Balaban J connectivity index is 1.30. The number of anilines is 1. The van der Waals surface area contributed by atoms with E-state index in [1.54, 1.807) is 29.5 Å². The average Bonchev–Trinajstić information content (AvgIpc) is 3.45. The van der Waals surface area contributed by atoms with Gasteiger partial charge in [-0.05, 0) is 67.1 Å². The molecule has 0 spiro atoms. The molecule has 7 nitrogen and oxygen atoms in total. The molecule has 0 fully saturated rings. The van der Waals surface area contributed by atoms with E-state index in [2.05, 4.69) is 34.5 Å². The van der Waals surface area contributed by atoms with Crippen LogP contribution in [0.3, 0.4) is 0 Å². The van der Waals surface area contributed by atoms with E-state index < -0.39 is 0 Å². The van der Waals surface area contributed by atoms with Gasteiger partial charge in [0.15, 0.2) is 5.76 Å². The zero-order chi connectivity index (χ0) is 22.1. The molecule has 0 aliphatic rings. The maximum absolute atomic E-state index is 12.5. The molecular weight excluding hydrogens is 424 g/mol. The molecule has 0 unspecified atom stereocenters. The highest BCUT2D eigenvalue weighted by molar-refractivity contribution is 7.21. The van der Waals surface area contributed by atoms with Gasteiger partial charge in [-0.2, -0.15) is 5.10 Å². The van der Waals surface area contributed by atoms with Gasteiger partial charge in [0.2, 0.25) is 5.91 Å². The zero-order valence-electron chi connectivity index (χ0n) is 17.1. The number of nitrogens with zero attached hydrogens (tertiary/aromatic N) is 3. The van der Waals surface area contributed by atoms with Crippen LogP contribution in [-0.4, -0.2) is 20.7 Å². The van der Waals surface area contributed by atoms with Crippen molar-refractivity contribution in [2.24, 2.45) is 0 Å². The summed E-state index contributed by atoms with van der Waals surface area (Å²) >= 11 is 1.64. The summed E-state index contributed by atoms with van der Waals surface area (Å²) in [6.07, 6.45) is 1.53. The van der Waals surface area contributed by atoms with E-state index in [4.69, 9.17) is 4.42 Å². The van der Waals surface area contributed by atoms with Crippen LogP contribution in [0, 0.1) is 6.92 Å². The summed E-state index contributed by atoms with van der Waals surface area (Å²) < 4.78 is 7.57. The fraction of sp³-hybridized carbons (Fsp3) is 0.0833. The highest BCUT2D eigenvalue weighted by atomic mass is 32.1. The molecule has 0 aliphatic heterocycles. The standard InChI is InChI=1S/C24H18N4O3S/c1-15-4-9-19-21(13-15)32-24(26-19)16-5-7-17(8-6-16)25-22(29)14-28-23(30)11-10-18(27-28)20-3-2-12-31-20/h2-13H,14H2,1H3,(H,25,29). The van der Waals surface area contributed by atoms with Crippen molar-refractivity contribution in [1.29, 1.82) is 0 Å². The van der Waals surface area contributed by atoms with Crippen molar-refractivity contribution >= 4 is 33.1 Å². The molecule has 8 heteroatoms. The predicted octanol–water partition coefficient (Wildman–Crippen LogP) is 4.73. The Bertz CT molecular complexity index is 1470. The molecule has 32 heavy (non-hydrogen) atoms. The summed E-state index contributed by atoms with van der Waals surface area (Å²) in [5.41, 5.74) is 3.91. The van der Waals surface area contributed by atoms with Gasteiger partial charge in [-0.1, -0.05) is 6.07 Å². The van der Waals surface area contributed by atoms with Crippen LogP contribution in [0.5, 0.6) is 0 Å². The summed E-state index contributed by atoms with van der Waals surface area (Å²) in [4.78, 5) is 29.3. The van der Waals surface area contributed by atoms with Crippen molar-refractivity contribution in [3.05, 3.63) is 88.9 Å². The summed E-state index contributed by atoms with van der Waals surface area (Å²) in [5.74, 6) is 0.180. The van der Waals surface area contributed by atoms with Gasteiger partial charge in [-0.3, -0.25) is 9.59 Å². The number of hydrogen-bond acceptors (Lipinski definition) is 6. The third-order valence-electron chi connectivity index (χ3n) is 4.89. The molecule has 5 aromatic rings. The maximum atomic E-state index is 12.5. The monoisotopic (exact) mass is 442 g/mol. The molecule has 0 atom stereocenters. The Labute approximate surface area is 187 Å². The van der Waals surface area contributed by atoms with Crippen LogP contribution in [0.2, 0.25) is 0 Å². The Kier molecular flexibility index (Phi) is 5.12. The lowest BCUT2D eigenvalue weighted by atomic mass is 10.2. The second kappa shape index (κ2) is 8.24. The molecule has 2 aromatic carbocycles. The molecule has 1 N–H and O–H groups in total. The normalized spacial score (nSPS) is 11.0. The van der Waals surface area contributed by atoms with E-state index in [0.717, 1.165) is 25.5 Å². The first kappa shape index (κ1) is 19.9. The first-order chi connectivity index (χ1) is 15.5. The second-order valence-corrected chi connectivity index (χ2v) is 8.34. The van der Waals surface area contributed by atoms with Gasteiger partial charge in [-0.15, -0.1) is 11.3 Å². The fourth-order valence-corrected chi connectivity index (χ4v) is 4.38. The smallest absolute Gasteiger partial charge is 0.267 e. The number of thiazole rings is 1. The molecule has 1 amide bonds. The molecule has 0 aliphatic carbocycles. The molecule has 0 saturated heterocycles. The fourth-order valence-electron chi connectivity index (χ4n) is 3.31. The number of amides is 1. The number of fused-ring (bicyclic) bond motifs is 1. The summed E-state index contributed by atoms with van der Waals surface area (Å²) in [5, 5.41) is 7.95. The number of benzene rings is 2. The van der Waals surface area contributed by atoms with Crippen molar-refractivity contribution < 1.29 is 9.21 Å². The van der Waals surface area contributed by atoms with Gasteiger partial charge < -0.3 is 9.73 Å². The summed E-state index contributed by atoms with van der Waals surface area (Å²) in [7, 11) is 0. The van der Waals surface area contributed by atoms with Crippen LogP contribution >= 0.6 is 11.3 Å². The van der Waals surface area contributed by atoms with E-state index in [-0.39, 0.29) is 18.0 Å². The molecule has 0 bridgehead atoms. The molecular formula is C24H18N4O3S. The third kappa shape index (κ3) is 4.08. The Morgan fingerprint density at radius 1 is 1.09 bits per heavy atom. The summed E-state index contributed by atoms with van der Waals surface area (Å²) in [6, 6.07) is 20.1. The number of carbonyl (C=O) groups is 1. The minimum atomic E-state index is -0.364. The van der Waals surface area contributed by atoms with Crippen molar-refractivity contribution in [2.45, 2.75) is 13.5 Å². The van der Waals surface area contributed by atoms with Gasteiger partial charge in [0.1, 0.15) is 17.2 Å². The Morgan fingerprint density at radius 3 is 2.72 bits per heavy atom. The second-order valence-electron chi connectivity index (χ2n) is 7.31. The van der Waals surface area contributed by atoms with Crippen LogP contribution < -0.4 is 10.9 Å². The number of rotatable bonds is 5. The molecule has 158 valence electrons. The number of carbonyl (C=O) groups excluding carboxylic acids is 1. The Hall–Kier alpha value is -4.04. The largest absolute Gasteiger partial charge is 0.463 e. The number of hydrogen-bond donors (Lipinski definition) is 1. The summed E-state index contributed by atoms with van der Waals surface area (Å²) in [6.45, 7) is 1.86. The van der Waals surface area contributed by atoms with Crippen LogP contribution in [0.1, 0.15) is 5.56 Å². The lowest BCUT2D eigenvalue weighted by Crippen LogP contribution is -2.29. The van der Waals surface area contributed by atoms with Gasteiger partial charge in [0.05, 0.1) is 16.5 Å². The average molecular weight is 443 g/mol. The number of nitrogens with one attached hydrogen (secondary N) is 1. The lowest BCUT2D eigenvalue weighted by Gasteiger charge is -2.08. The van der Waals surface area contributed by atoms with Crippen molar-refractivity contribution in [2.75, 3.05) is 5.32 Å². The van der Waals surface area contributed by atoms with Gasteiger partial charge in [0.25, 0.3) is 5.56 Å². The molecule has 5 rings (SSSR count). The first-order valence-corrected chi connectivity index (χ1v) is 10.8. The van der Waals surface area contributed by atoms with Crippen molar-refractivity contribution in [3.63, 3.8) is 0 Å². The topological polar surface area (TPSA) is 90.0 Å². The Morgan fingerprint density at radius 2 is 1.94 bits per heavy atom. The van der Waals surface area contributed by atoms with Crippen molar-refractivity contribution in [1.82, 2.24) is 14.8 Å². The minimum Gasteiger partial charge on any atom is -0.463 e. The van der Waals surface area contributed by atoms with Crippen LogP contribution in [0.4, 0.5) is 5.69 Å². The predicted molar refractivity (Wildman–Crippen MR) is 125 cm³/mol. The molecule has 0 radical (unpaired) electrons. The van der Waals surface area contributed by atoms with E-state index in [1.807, 2.05) is 30.3 Å². The first-order valence-electron chi connectivity index (χ1n) is 9.95. The number of aromatic nitrogens is 3. The highest BCUT2D eigenvalue weighted by Gasteiger charge is 2.11. The van der Waals surface area contributed by atoms with E-state index >= 15 is 0 Å². The molecule has 3 aromatic heterocycles. The van der Waals surface area contributed by atoms with Gasteiger partial charge in [-0.25, -0.2) is 9.67 Å². The maximum Gasteiger partial charge on any atom is 0.267 e. The SMILES string of the molecule is Cc1ccc2nc(-c3ccc(NC(=O)Cn4nc(-c5ccco5)ccc4=O)cc3)sc2c1. The highest BCUT2D eigenvalue weighted by Crippen LogP contribution is 2.31. The van der Waals surface area contributed by atoms with Crippen molar-refractivity contribution in [3.8, 4) is 22.0 Å². The molecule has 0 saturated carbocycles. The quantitative estimate of drug-likeness (QED) is 0.425. The number of furan rings is 1. The molecule has 3 heterocycles. The van der Waals surface area contributed by atoms with E-state index in [0.29, 0.717) is 17.1 Å². The van der Waals surface area contributed by atoms with E-state index in [1.165, 1.54) is 17.9 Å².